The van der Waals surface area contributed by atoms with Crippen LogP contribution in [0.5, 0.6) is 5.88 Å². The van der Waals surface area contributed by atoms with E-state index in [1.165, 1.54) is 11.8 Å². The van der Waals surface area contributed by atoms with Gasteiger partial charge in [-0.05, 0) is 12.3 Å². The Morgan fingerprint density at radius 1 is 1.44 bits per heavy atom. The molecule has 0 bridgehead atoms. The highest BCUT2D eigenvalue weighted by Gasteiger charge is 2.15. The Bertz CT molecular complexity index is 546. The van der Waals surface area contributed by atoms with Crippen LogP contribution in [0.25, 0.3) is 10.9 Å². The molecule has 0 fully saturated rings. The van der Waals surface area contributed by atoms with E-state index < -0.39 is 0 Å². The molecule has 2 aromatic rings. The number of pyridine rings is 1. The summed E-state index contributed by atoms with van der Waals surface area (Å²) >= 11 is 1.53. The van der Waals surface area contributed by atoms with Crippen LogP contribution in [0.3, 0.4) is 0 Å². The van der Waals surface area contributed by atoms with Crippen LogP contribution in [0.2, 0.25) is 0 Å². The maximum atomic E-state index is 5.53. The van der Waals surface area contributed by atoms with Crippen LogP contribution in [0.1, 0.15) is 0 Å². The number of thioether (sulfide) groups is 1. The molecule has 0 unspecified atom stereocenters. The number of nitrogens with one attached hydrogen (secondary N) is 1. The van der Waals surface area contributed by atoms with Gasteiger partial charge in [-0.15, -0.1) is 0 Å². The molecule has 5 nitrogen and oxygen atoms in total. The van der Waals surface area contributed by atoms with E-state index in [9.17, 15) is 0 Å². The molecule has 0 atom stereocenters. The van der Waals surface area contributed by atoms with Crippen LogP contribution in [-0.2, 0) is 0 Å². The van der Waals surface area contributed by atoms with Crippen molar-refractivity contribution < 1.29 is 4.74 Å². The third-order valence-electron chi connectivity index (χ3n) is 2.37. The highest BCUT2D eigenvalue weighted by Crippen LogP contribution is 2.31. The van der Waals surface area contributed by atoms with Crippen molar-refractivity contribution in [2.24, 2.45) is 0 Å². The van der Waals surface area contributed by atoms with Crippen molar-refractivity contribution in [3.63, 3.8) is 0 Å². The number of nitrogens with zero attached hydrogens (tertiary/aromatic N) is 3. The zero-order valence-corrected chi connectivity index (χ0v) is 9.54. The van der Waals surface area contributed by atoms with Gasteiger partial charge < -0.3 is 10.1 Å². The maximum absolute atomic E-state index is 5.53. The lowest BCUT2D eigenvalue weighted by molar-refractivity contribution is 0.327. The van der Waals surface area contributed by atoms with Gasteiger partial charge >= 0.3 is 0 Å². The number of aromatic nitrogens is 3. The zero-order valence-electron chi connectivity index (χ0n) is 8.73. The molecule has 0 aromatic carbocycles. The van der Waals surface area contributed by atoms with Gasteiger partial charge in [-0.2, -0.15) is 0 Å². The Morgan fingerprint density at radius 2 is 2.38 bits per heavy atom. The summed E-state index contributed by atoms with van der Waals surface area (Å²) < 4.78 is 5.53. The van der Waals surface area contributed by atoms with Gasteiger partial charge in [0.2, 0.25) is 5.88 Å². The fraction of sp³-hybridized carbons (Fsp3) is 0.300. The van der Waals surface area contributed by atoms with Crippen molar-refractivity contribution in [3.8, 4) is 5.88 Å². The summed E-state index contributed by atoms with van der Waals surface area (Å²) in [6.45, 7) is 1.33. The van der Waals surface area contributed by atoms with Crippen LogP contribution in [0.4, 0.5) is 5.82 Å². The van der Waals surface area contributed by atoms with E-state index in [4.69, 9.17) is 4.74 Å². The normalized spacial score (nSPS) is 14.1. The van der Waals surface area contributed by atoms with Gasteiger partial charge in [0.05, 0.1) is 12.1 Å². The molecule has 0 aliphatic carbocycles. The van der Waals surface area contributed by atoms with E-state index in [-0.39, 0.29) is 0 Å². The molecule has 1 aliphatic heterocycles. The summed E-state index contributed by atoms with van der Waals surface area (Å²) in [4.78, 5) is 13.1. The van der Waals surface area contributed by atoms with Crippen LogP contribution in [0.15, 0.2) is 17.4 Å². The predicted octanol–water partition coefficient (Wildman–Crippen LogP) is 1.55. The van der Waals surface area contributed by atoms with Crippen molar-refractivity contribution in [2.75, 3.05) is 24.7 Å². The second-order valence-corrected chi connectivity index (χ2v) is 4.12. The standard InChI is InChI=1S/C10H10N4OS/c1-16-10-13-6-2-3-12-9-7(6)8(14-10)11-4-5-15-9/h2-3H,4-5H2,1H3,(H,11,13,14). The van der Waals surface area contributed by atoms with Gasteiger partial charge in [0.25, 0.3) is 0 Å². The molecule has 6 heteroatoms. The van der Waals surface area contributed by atoms with E-state index in [2.05, 4.69) is 20.3 Å². The Morgan fingerprint density at radius 3 is 3.25 bits per heavy atom. The number of ether oxygens (including phenoxy) is 1. The Labute approximate surface area is 96.6 Å². The van der Waals surface area contributed by atoms with Gasteiger partial charge in [-0.1, -0.05) is 11.8 Å². The van der Waals surface area contributed by atoms with Crippen molar-refractivity contribution in [1.82, 2.24) is 15.0 Å². The molecule has 2 aromatic heterocycles. The van der Waals surface area contributed by atoms with Crippen molar-refractivity contribution in [1.29, 1.82) is 0 Å². The molecule has 0 saturated heterocycles. The quantitative estimate of drug-likeness (QED) is 0.596. The minimum absolute atomic E-state index is 0.594. The second kappa shape index (κ2) is 3.79. The zero-order chi connectivity index (χ0) is 11.0. The van der Waals surface area contributed by atoms with Gasteiger partial charge in [-0.3, -0.25) is 0 Å². The monoisotopic (exact) mass is 234 g/mol. The van der Waals surface area contributed by atoms with Crippen LogP contribution in [0, 0.1) is 0 Å². The van der Waals surface area contributed by atoms with Crippen molar-refractivity contribution >= 4 is 28.5 Å². The fourth-order valence-electron chi connectivity index (χ4n) is 1.67. The minimum atomic E-state index is 0.594. The van der Waals surface area contributed by atoms with Crippen LogP contribution < -0.4 is 10.1 Å². The summed E-state index contributed by atoms with van der Waals surface area (Å²) in [5.74, 6) is 1.43. The molecular weight excluding hydrogens is 224 g/mol. The highest BCUT2D eigenvalue weighted by atomic mass is 32.2. The molecule has 0 spiro atoms. The molecule has 1 aliphatic rings. The number of rotatable bonds is 1. The first-order valence-electron chi connectivity index (χ1n) is 4.96. The third kappa shape index (κ3) is 1.46. The Hall–Kier alpha value is -1.56. The van der Waals surface area contributed by atoms with Crippen LogP contribution in [-0.4, -0.2) is 34.4 Å². The number of anilines is 1. The minimum Gasteiger partial charge on any atom is -0.475 e. The van der Waals surface area contributed by atoms with Gasteiger partial charge in [0, 0.05) is 6.20 Å². The molecule has 82 valence electrons. The largest absolute Gasteiger partial charge is 0.475 e. The SMILES string of the molecule is CSc1nc2c3c(nccc3n1)OCCN2. The molecule has 0 saturated carbocycles. The first-order valence-corrected chi connectivity index (χ1v) is 6.18. The van der Waals surface area contributed by atoms with E-state index in [0.29, 0.717) is 12.5 Å². The molecule has 16 heavy (non-hydrogen) atoms. The van der Waals surface area contributed by atoms with Gasteiger partial charge in [-0.25, -0.2) is 15.0 Å². The average molecular weight is 234 g/mol. The summed E-state index contributed by atoms with van der Waals surface area (Å²) in [7, 11) is 0. The summed E-state index contributed by atoms with van der Waals surface area (Å²) in [6.07, 6.45) is 3.67. The first-order chi connectivity index (χ1) is 7.88. The molecule has 3 heterocycles. The van der Waals surface area contributed by atoms with Gasteiger partial charge in [0.1, 0.15) is 17.8 Å². The van der Waals surface area contributed by atoms with E-state index in [0.717, 1.165) is 28.4 Å². The Kier molecular flexibility index (Phi) is 2.28. The summed E-state index contributed by atoms with van der Waals surface area (Å²) in [5.41, 5.74) is 0.869. The fourth-order valence-corrected chi connectivity index (χ4v) is 2.05. The molecule has 0 radical (unpaired) electrons. The molecule has 1 N–H and O–H groups in total. The summed E-state index contributed by atoms with van der Waals surface area (Å²) in [6, 6.07) is 1.88. The third-order valence-corrected chi connectivity index (χ3v) is 2.92. The lowest BCUT2D eigenvalue weighted by Crippen LogP contribution is -2.09. The van der Waals surface area contributed by atoms with Crippen LogP contribution >= 0.6 is 11.8 Å². The number of hydrogen-bond acceptors (Lipinski definition) is 6. The van der Waals surface area contributed by atoms with Gasteiger partial charge in [0.15, 0.2) is 5.16 Å². The second-order valence-electron chi connectivity index (χ2n) is 3.34. The Balaban J connectivity index is 2.35. The lowest BCUT2D eigenvalue weighted by atomic mass is 10.3. The average Bonchev–Trinajstić information content (AvgIpc) is 2.53. The topological polar surface area (TPSA) is 59.9 Å². The van der Waals surface area contributed by atoms with E-state index in [1.807, 2.05) is 12.3 Å². The van der Waals surface area contributed by atoms with E-state index in [1.54, 1.807) is 6.20 Å². The van der Waals surface area contributed by atoms with Crippen molar-refractivity contribution in [3.05, 3.63) is 12.3 Å². The number of hydrogen-bond donors (Lipinski definition) is 1. The maximum Gasteiger partial charge on any atom is 0.226 e. The smallest absolute Gasteiger partial charge is 0.226 e. The molecular formula is C10H10N4OS. The predicted molar refractivity (Wildman–Crippen MR) is 63.1 cm³/mol. The lowest BCUT2D eigenvalue weighted by Gasteiger charge is -2.06. The summed E-state index contributed by atoms with van der Waals surface area (Å²) in [5, 5.41) is 4.87. The molecule has 0 amide bonds. The molecule has 3 rings (SSSR count). The van der Waals surface area contributed by atoms with Crippen molar-refractivity contribution in [2.45, 2.75) is 5.16 Å². The first kappa shape index (κ1) is 9.65. The highest BCUT2D eigenvalue weighted by molar-refractivity contribution is 7.98. The van der Waals surface area contributed by atoms with E-state index >= 15 is 0 Å².